The number of aromatic nitrogens is 2. The van der Waals surface area contributed by atoms with E-state index in [9.17, 15) is 9.18 Å². The number of benzene rings is 2. The summed E-state index contributed by atoms with van der Waals surface area (Å²) >= 11 is 0. The summed E-state index contributed by atoms with van der Waals surface area (Å²) in [4.78, 5) is 20.3. The number of hydrogen-bond donors (Lipinski definition) is 0. The van der Waals surface area contributed by atoms with Crippen molar-refractivity contribution in [2.75, 3.05) is 6.54 Å². The Balaban J connectivity index is 1.87. The van der Waals surface area contributed by atoms with Crippen LogP contribution in [-0.4, -0.2) is 27.0 Å². The standard InChI is InChI=1S/C21H22FN3O/c1-15-6-4-5-13-24(15)14-20-23-19-8-3-2-7-18(19)21(26)25(20)17-11-9-16(22)10-12-17/h2-3,7-12,15H,4-6,13-14H2,1H3. The molecule has 1 saturated heterocycles. The van der Waals surface area contributed by atoms with Crippen LogP contribution in [0.25, 0.3) is 16.6 Å². The third-order valence-electron chi connectivity index (χ3n) is 5.22. The number of halogens is 1. The zero-order chi connectivity index (χ0) is 18.1. The second kappa shape index (κ2) is 7.00. The predicted octanol–water partition coefficient (Wildman–Crippen LogP) is 3.90. The Kier molecular flexibility index (Phi) is 4.55. The average molecular weight is 351 g/mol. The molecule has 1 unspecified atom stereocenters. The molecule has 2 aromatic carbocycles. The Hall–Kier alpha value is -2.53. The molecular weight excluding hydrogens is 329 g/mol. The number of para-hydroxylation sites is 1. The fourth-order valence-corrected chi connectivity index (χ4v) is 3.72. The number of fused-ring (bicyclic) bond motifs is 1. The lowest BCUT2D eigenvalue weighted by Crippen LogP contribution is -2.39. The van der Waals surface area contributed by atoms with Crippen LogP contribution in [0.2, 0.25) is 0 Å². The van der Waals surface area contributed by atoms with Gasteiger partial charge in [0.05, 0.1) is 23.1 Å². The van der Waals surface area contributed by atoms with Gasteiger partial charge in [-0.3, -0.25) is 14.3 Å². The molecule has 1 atom stereocenters. The molecule has 0 amide bonds. The Labute approximate surface area is 151 Å². The molecule has 2 heterocycles. The molecule has 5 heteroatoms. The molecule has 0 spiro atoms. The van der Waals surface area contributed by atoms with Crippen molar-refractivity contribution in [1.82, 2.24) is 14.5 Å². The van der Waals surface area contributed by atoms with Gasteiger partial charge in [-0.2, -0.15) is 0 Å². The van der Waals surface area contributed by atoms with Gasteiger partial charge in [-0.05, 0) is 62.7 Å². The first-order valence-corrected chi connectivity index (χ1v) is 9.14. The maximum atomic E-state index is 13.4. The van der Waals surface area contributed by atoms with Gasteiger partial charge in [-0.1, -0.05) is 18.6 Å². The van der Waals surface area contributed by atoms with E-state index in [0.717, 1.165) is 13.0 Å². The van der Waals surface area contributed by atoms with Crippen LogP contribution >= 0.6 is 0 Å². The number of nitrogens with zero attached hydrogens (tertiary/aromatic N) is 3. The third kappa shape index (κ3) is 3.15. The summed E-state index contributed by atoms with van der Waals surface area (Å²) in [6.45, 7) is 3.84. The highest BCUT2D eigenvalue weighted by atomic mass is 19.1. The van der Waals surface area contributed by atoms with Crippen LogP contribution in [0.1, 0.15) is 32.0 Å². The van der Waals surface area contributed by atoms with E-state index >= 15 is 0 Å². The topological polar surface area (TPSA) is 38.1 Å². The van der Waals surface area contributed by atoms with E-state index in [4.69, 9.17) is 4.98 Å². The van der Waals surface area contributed by atoms with Gasteiger partial charge in [0.25, 0.3) is 5.56 Å². The first kappa shape index (κ1) is 16.9. The Morgan fingerprint density at radius 1 is 1.12 bits per heavy atom. The van der Waals surface area contributed by atoms with Crippen LogP contribution in [0, 0.1) is 5.82 Å². The van der Waals surface area contributed by atoms with E-state index in [1.165, 1.54) is 25.0 Å². The van der Waals surface area contributed by atoms with Gasteiger partial charge in [0.15, 0.2) is 0 Å². The van der Waals surface area contributed by atoms with Crippen molar-refractivity contribution in [3.8, 4) is 5.69 Å². The predicted molar refractivity (Wildman–Crippen MR) is 101 cm³/mol. The molecule has 4 nitrogen and oxygen atoms in total. The first-order chi connectivity index (χ1) is 12.6. The second-order valence-corrected chi connectivity index (χ2v) is 6.98. The summed E-state index contributed by atoms with van der Waals surface area (Å²) < 4.78 is 15.0. The number of hydrogen-bond acceptors (Lipinski definition) is 3. The van der Waals surface area contributed by atoms with Crippen molar-refractivity contribution in [3.63, 3.8) is 0 Å². The number of piperidine rings is 1. The van der Waals surface area contributed by atoms with Crippen molar-refractivity contribution in [1.29, 1.82) is 0 Å². The summed E-state index contributed by atoms with van der Waals surface area (Å²) in [7, 11) is 0. The minimum absolute atomic E-state index is 0.109. The molecule has 0 N–H and O–H groups in total. The van der Waals surface area contributed by atoms with Crippen LogP contribution in [0.5, 0.6) is 0 Å². The summed E-state index contributed by atoms with van der Waals surface area (Å²) in [6.07, 6.45) is 3.57. The van der Waals surface area contributed by atoms with Gasteiger partial charge in [-0.15, -0.1) is 0 Å². The Morgan fingerprint density at radius 2 is 1.88 bits per heavy atom. The maximum absolute atomic E-state index is 13.4. The van der Waals surface area contributed by atoms with E-state index in [-0.39, 0.29) is 11.4 Å². The van der Waals surface area contributed by atoms with Crippen LogP contribution in [0.4, 0.5) is 4.39 Å². The first-order valence-electron chi connectivity index (χ1n) is 9.14. The smallest absolute Gasteiger partial charge is 0.266 e. The maximum Gasteiger partial charge on any atom is 0.266 e. The van der Waals surface area contributed by atoms with Gasteiger partial charge in [-0.25, -0.2) is 9.37 Å². The minimum atomic E-state index is -0.318. The summed E-state index contributed by atoms with van der Waals surface area (Å²) in [5.74, 6) is 0.385. The molecule has 4 rings (SSSR count). The largest absolute Gasteiger partial charge is 0.293 e. The van der Waals surface area contributed by atoms with Crippen molar-refractivity contribution in [3.05, 3.63) is 70.5 Å². The normalized spacial score (nSPS) is 18.3. The highest BCUT2D eigenvalue weighted by molar-refractivity contribution is 5.77. The molecule has 1 aromatic heterocycles. The second-order valence-electron chi connectivity index (χ2n) is 6.98. The van der Waals surface area contributed by atoms with Crippen molar-refractivity contribution in [2.45, 2.75) is 38.8 Å². The molecule has 1 aliphatic heterocycles. The van der Waals surface area contributed by atoms with E-state index in [2.05, 4.69) is 11.8 Å². The zero-order valence-electron chi connectivity index (χ0n) is 14.9. The molecular formula is C21H22FN3O. The zero-order valence-corrected chi connectivity index (χ0v) is 14.9. The van der Waals surface area contributed by atoms with Gasteiger partial charge in [0.1, 0.15) is 11.6 Å². The average Bonchev–Trinajstić information content (AvgIpc) is 2.65. The third-order valence-corrected chi connectivity index (χ3v) is 5.22. The molecule has 3 aromatic rings. The van der Waals surface area contributed by atoms with Crippen LogP contribution in [0.15, 0.2) is 53.3 Å². The van der Waals surface area contributed by atoms with Crippen LogP contribution in [0.3, 0.4) is 0 Å². The summed E-state index contributed by atoms with van der Waals surface area (Å²) in [5, 5.41) is 0.576. The molecule has 0 radical (unpaired) electrons. The van der Waals surface area contributed by atoms with Gasteiger partial charge in [0.2, 0.25) is 0 Å². The highest BCUT2D eigenvalue weighted by Crippen LogP contribution is 2.20. The van der Waals surface area contributed by atoms with Gasteiger partial charge in [0, 0.05) is 6.04 Å². The number of likely N-dealkylation sites (tertiary alicyclic amines) is 1. The minimum Gasteiger partial charge on any atom is -0.293 e. The molecule has 1 aliphatic rings. The summed E-state index contributed by atoms with van der Waals surface area (Å²) in [5.41, 5.74) is 1.24. The van der Waals surface area contributed by atoms with E-state index < -0.39 is 0 Å². The lowest BCUT2D eigenvalue weighted by Gasteiger charge is -2.33. The fraction of sp³-hybridized carbons (Fsp3) is 0.333. The van der Waals surface area contributed by atoms with Crippen molar-refractivity contribution < 1.29 is 4.39 Å². The van der Waals surface area contributed by atoms with Gasteiger partial charge >= 0.3 is 0 Å². The van der Waals surface area contributed by atoms with Crippen molar-refractivity contribution in [2.24, 2.45) is 0 Å². The van der Waals surface area contributed by atoms with Crippen molar-refractivity contribution >= 4 is 10.9 Å². The summed E-state index contributed by atoms with van der Waals surface area (Å²) in [6, 6.07) is 13.9. The monoisotopic (exact) mass is 351 g/mol. The Bertz CT molecular complexity index is 981. The van der Waals surface area contributed by atoms with Crippen LogP contribution in [-0.2, 0) is 6.54 Å². The SMILES string of the molecule is CC1CCCCN1Cc1nc2ccccc2c(=O)n1-c1ccc(F)cc1. The molecule has 1 fully saturated rings. The van der Waals surface area contributed by atoms with Crippen LogP contribution < -0.4 is 5.56 Å². The molecule has 0 aliphatic carbocycles. The lowest BCUT2D eigenvalue weighted by molar-refractivity contribution is 0.148. The highest BCUT2D eigenvalue weighted by Gasteiger charge is 2.21. The quantitative estimate of drug-likeness (QED) is 0.718. The molecule has 0 saturated carbocycles. The van der Waals surface area contributed by atoms with Gasteiger partial charge < -0.3 is 0 Å². The number of rotatable bonds is 3. The van der Waals surface area contributed by atoms with E-state index in [1.54, 1.807) is 22.8 Å². The van der Waals surface area contributed by atoms with E-state index in [1.807, 2.05) is 18.2 Å². The van der Waals surface area contributed by atoms with E-state index in [0.29, 0.717) is 35.0 Å². The lowest BCUT2D eigenvalue weighted by atomic mass is 10.0. The Morgan fingerprint density at radius 3 is 2.65 bits per heavy atom. The fourth-order valence-electron chi connectivity index (χ4n) is 3.72. The molecule has 0 bridgehead atoms. The molecule has 26 heavy (non-hydrogen) atoms. The molecule has 134 valence electrons.